The topological polar surface area (TPSA) is 69.6 Å². The Bertz CT molecular complexity index is 765. The second-order valence-electron chi connectivity index (χ2n) is 5.75. The predicted octanol–water partition coefficient (Wildman–Crippen LogP) is 1.90. The standard InChI is InChI=1S/C16H23N5O2S2/c1-3-19(4-2)14-7-8-15(18-17-14)20-9-11-21(12-10-20)25(22,23)16-6-5-13-24-16/h5-8,13H,3-4,9-12H2,1-2H3. The van der Waals surface area contributed by atoms with Crippen molar-refractivity contribution in [2.75, 3.05) is 49.1 Å². The van der Waals surface area contributed by atoms with Gasteiger partial charge in [-0.1, -0.05) is 6.07 Å². The minimum absolute atomic E-state index is 0.407. The minimum Gasteiger partial charge on any atom is -0.356 e. The fourth-order valence-electron chi connectivity index (χ4n) is 2.90. The molecule has 0 saturated carbocycles. The van der Waals surface area contributed by atoms with Crippen LogP contribution in [0.4, 0.5) is 11.6 Å². The Morgan fingerprint density at radius 2 is 1.80 bits per heavy atom. The Labute approximate surface area is 152 Å². The van der Waals surface area contributed by atoms with Crippen molar-refractivity contribution in [2.45, 2.75) is 18.1 Å². The zero-order valence-corrected chi connectivity index (χ0v) is 16.1. The summed E-state index contributed by atoms with van der Waals surface area (Å²) >= 11 is 1.26. The van der Waals surface area contributed by atoms with Gasteiger partial charge in [0.25, 0.3) is 10.0 Å². The van der Waals surface area contributed by atoms with E-state index in [0.717, 1.165) is 24.7 Å². The molecular weight excluding hydrogens is 358 g/mol. The van der Waals surface area contributed by atoms with Gasteiger partial charge >= 0.3 is 0 Å². The highest BCUT2D eigenvalue weighted by Crippen LogP contribution is 2.23. The smallest absolute Gasteiger partial charge is 0.252 e. The van der Waals surface area contributed by atoms with E-state index in [1.165, 1.54) is 11.3 Å². The fourth-order valence-corrected chi connectivity index (χ4v) is 5.46. The van der Waals surface area contributed by atoms with Crippen LogP contribution in [-0.2, 0) is 10.0 Å². The Morgan fingerprint density at radius 1 is 1.08 bits per heavy atom. The summed E-state index contributed by atoms with van der Waals surface area (Å²) in [6.07, 6.45) is 0. The van der Waals surface area contributed by atoms with Gasteiger partial charge in [0.1, 0.15) is 4.21 Å². The summed E-state index contributed by atoms with van der Waals surface area (Å²) in [5.74, 6) is 1.66. The molecule has 0 N–H and O–H groups in total. The van der Waals surface area contributed by atoms with E-state index in [1.807, 2.05) is 12.1 Å². The Kier molecular flexibility index (Phi) is 5.55. The summed E-state index contributed by atoms with van der Waals surface area (Å²) in [6.45, 7) is 8.11. The van der Waals surface area contributed by atoms with Gasteiger partial charge in [-0.3, -0.25) is 0 Å². The molecule has 1 fully saturated rings. The zero-order chi connectivity index (χ0) is 17.9. The SMILES string of the molecule is CCN(CC)c1ccc(N2CCN(S(=O)(=O)c3cccs3)CC2)nn1. The number of hydrogen-bond donors (Lipinski definition) is 0. The summed E-state index contributed by atoms with van der Waals surface area (Å²) in [7, 11) is -3.37. The summed E-state index contributed by atoms with van der Waals surface area (Å²) in [6, 6.07) is 7.36. The third-order valence-corrected chi connectivity index (χ3v) is 7.65. The molecule has 2 aromatic heterocycles. The van der Waals surface area contributed by atoms with E-state index in [4.69, 9.17) is 0 Å². The van der Waals surface area contributed by atoms with E-state index in [-0.39, 0.29) is 0 Å². The quantitative estimate of drug-likeness (QED) is 0.761. The molecule has 3 rings (SSSR count). The van der Waals surface area contributed by atoms with Crippen LogP contribution in [0.5, 0.6) is 0 Å². The molecule has 0 atom stereocenters. The van der Waals surface area contributed by atoms with Gasteiger partial charge in [0.2, 0.25) is 0 Å². The van der Waals surface area contributed by atoms with Gasteiger partial charge in [0.05, 0.1) is 0 Å². The van der Waals surface area contributed by atoms with Crippen LogP contribution in [-0.4, -0.2) is 62.2 Å². The van der Waals surface area contributed by atoms with E-state index in [2.05, 4.69) is 33.8 Å². The van der Waals surface area contributed by atoms with Gasteiger partial charge in [0, 0.05) is 39.3 Å². The maximum atomic E-state index is 12.6. The monoisotopic (exact) mass is 381 g/mol. The van der Waals surface area contributed by atoms with Crippen LogP contribution in [0.3, 0.4) is 0 Å². The van der Waals surface area contributed by atoms with E-state index in [1.54, 1.807) is 21.8 Å². The summed E-state index contributed by atoms with van der Waals surface area (Å²) in [5.41, 5.74) is 0. The van der Waals surface area contributed by atoms with Gasteiger partial charge in [-0.05, 0) is 37.4 Å². The molecule has 3 heterocycles. The predicted molar refractivity (Wildman–Crippen MR) is 101 cm³/mol. The number of sulfonamides is 1. The molecule has 0 spiro atoms. The number of anilines is 2. The molecule has 136 valence electrons. The normalized spacial score (nSPS) is 16.2. The van der Waals surface area contributed by atoms with Crippen molar-refractivity contribution in [1.29, 1.82) is 0 Å². The third kappa shape index (κ3) is 3.78. The number of aromatic nitrogens is 2. The van der Waals surface area contributed by atoms with Crippen molar-refractivity contribution < 1.29 is 8.42 Å². The van der Waals surface area contributed by atoms with Crippen molar-refractivity contribution in [3.63, 3.8) is 0 Å². The van der Waals surface area contributed by atoms with Crippen LogP contribution in [0, 0.1) is 0 Å². The Morgan fingerprint density at radius 3 is 2.32 bits per heavy atom. The second kappa shape index (κ2) is 7.67. The zero-order valence-electron chi connectivity index (χ0n) is 14.5. The highest BCUT2D eigenvalue weighted by Gasteiger charge is 2.29. The van der Waals surface area contributed by atoms with Crippen LogP contribution in [0.15, 0.2) is 33.9 Å². The Hall–Kier alpha value is -1.71. The van der Waals surface area contributed by atoms with Crippen LogP contribution >= 0.6 is 11.3 Å². The van der Waals surface area contributed by atoms with Crippen molar-refractivity contribution in [3.8, 4) is 0 Å². The van der Waals surface area contributed by atoms with Crippen molar-refractivity contribution in [3.05, 3.63) is 29.6 Å². The highest BCUT2D eigenvalue weighted by atomic mass is 32.2. The van der Waals surface area contributed by atoms with E-state index in [9.17, 15) is 8.42 Å². The summed E-state index contributed by atoms with van der Waals surface area (Å²) in [5, 5.41) is 10.4. The average molecular weight is 382 g/mol. The lowest BCUT2D eigenvalue weighted by Gasteiger charge is -2.34. The third-order valence-electron chi connectivity index (χ3n) is 4.38. The molecule has 2 aromatic rings. The molecular formula is C16H23N5O2S2. The molecule has 0 amide bonds. The number of thiophene rings is 1. The lowest BCUT2D eigenvalue weighted by atomic mass is 10.3. The average Bonchev–Trinajstić information content (AvgIpc) is 3.19. The van der Waals surface area contributed by atoms with Crippen LogP contribution in [0.2, 0.25) is 0 Å². The Balaban J connectivity index is 1.64. The van der Waals surface area contributed by atoms with Crippen molar-refractivity contribution in [1.82, 2.24) is 14.5 Å². The molecule has 0 radical (unpaired) electrons. The molecule has 0 unspecified atom stereocenters. The summed E-state index contributed by atoms with van der Waals surface area (Å²) < 4.78 is 27.1. The number of hydrogen-bond acceptors (Lipinski definition) is 7. The first-order valence-electron chi connectivity index (χ1n) is 8.43. The minimum atomic E-state index is -3.37. The van der Waals surface area contributed by atoms with Crippen LogP contribution < -0.4 is 9.80 Å². The highest BCUT2D eigenvalue weighted by molar-refractivity contribution is 7.91. The van der Waals surface area contributed by atoms with Gasteiger partial charge in [0.15, 0.2) is 11.6 Å². The van der Waals surface area contributed by atoms with Gasteiger partial charge in [-0.25, -0.2) is 8.42 Å². The van der Waals surface area contributed by atoms with Crippen LogP contribution in [0.25, 0.3) is 0 Å². The maximum Gasteiger partial charge on any atom is 0.252 e. The number of piperazine rings is 1. The van der Waals surface area contributed by atoms with Crippen molar-refractivity contribution in [2.24, 2.45) is 0 Å². The number of rotatable bonds is 6. The second-order valence-corrected chi connectivity index (χ2v) is 8.86. The lowest BCUT2D eigenvalue weighted by Crippen LogP contribution is -2.48. The van der Waals surface area contributed by atoms with E-state index < -0.39 is 10.0 Å². The first kappa shape index (κ1) is 18.1. The first-order valence-corrected chi connectivity index (χ1v) is 10.8. The first-order chi connectivity index (χ1) is 12.1. The molecule has 9 heteroatoms. The van der Waals surface area contributed by atoms with Gasteiger partial charge in [-0.2, -0.15) is 4.31 Å². The van der Waals surface area contributed by atoms with E-state index >= 15 is 0 Å². The molecule has 1 aliphatic heterocycles. The summed E-state index contributed by atoms with van der Waals surface area (Å²) in [4.78, 5) is 4.22. The fraction of sp³-hybridized carbons (Fsp3) is 0.500. The largest absolute Gasteiger partial charge is 0.356 e. The van der Waals surface area contributed by atoms with E-state index in [0.29, 0.717) is 30.4 Å². The van der Waals surface area contributed by atoms with Gasteiger partial charge in [-0.15, -0.1) is 21.5 Å². The van der Waals surface area contributed by atoms with Gasteiger partial charge < -0.3 is 9.80 Å². The number of nitrogens with zero attached hydrogens (tertiary/aromatic N) is 5. The van der Waals surface area contributed by atoms with Crippen LogP contribution in [0.1, 0.15) is 13.8 Å². The maximum absolute atomic E-state index is 12.6. The molecule has 1 aliphatic rings. The molecule has 7 nitrogen and oxygen atoms in total. The van der Waals surface area contributed by atoms with Crippen molar-refractivity contribution >= 4 is 33.0 Å². The molecule has 0 bridgehead atoms. The molecule has 0 aromatic carbocycles. The lowest BCUT2D eigenvalue weighted by molar-refractivity contribution is 0.384. The molecule has 1 saturated heterocycles. The molecule has 25 heavy (non-hydrogen) atoms. The molecule has 0 aliphatic carbocycles.